The number of carbonyl (C=O) groups is 1. The second-order valence-corrected chi connectivity index (χ2v) is 7.29. The van der Waals surface area contributed by atoms with Gasteiger partial charge in [0.2, 0.25) is 5.88 Å². The lowest BCUT2D eigenvalue weighted by molar-refractivity contribution is -0.139. The number of nitrogens with two attached hydrogens (primary N) is 1. The van der Waals surface area contributed by atoms with Crippen molar-refractivity contribution in [3.8, 4) is 5.75 Å². The number of pyridine rings is 1. The number of para-hydroxylation sites is 1. The number of hydrogen-bond acceptors (Lipinski definition) is 5. The molecule has 2 heterocycles. The van der Waals surface area contributed by atoms with Crippen LogP contribution in [0.3, 0.4) is 0 Å². The fraction of sp³-hybridized carbons (Fsp3) is 0.143. The number of ether oxygens (including phenoxy) is 2. The Balaban J connectivity index is 2.07. The SMILES string of the molecule is CCOC(=O)C1=C(N)Oc2c(c(=O)[nH]c3ccccc23)[C@@H]1c1ccc(Cl)cc1Cl. The van der Waals surface area contributed by atoms with Crippen molar-refractivity contribution in [1.29, 1.82) is 0 Å². The van der Waals surface area contributed by atoms with Gasteiger partial charge in [0.25, 0.3) is 5.56 Å². The number of H-pyrrole nitrogens is 1. The van der Waals surface area contributed by atoms with Crippen LogP contribution in [0.4, 0.5) is 0 Å². The highest BCUT2D eigenvalue weighted by Crippen LogP contribution is 2.45. The lowest BCUT2D eigenvalue weighted by Gasteiger charge is -2.29. The third kappa shape index (κ3) is 3.24. The van der Waals surface area contributed by atoms with Gasteiger partial charge in [-0.05, 0) is 36.8 Å². The second kappa shape index (κ2) is 7.46. The monoisotopic (exact) mass is 430 g/mol. The van der Waals surface area contributed by atoms with E-state index in [0.717, 1.165) is 0 Å². The molecule has 1 atom stereocenters. The van der Waals surface area contributed by atoms with E-state index in [1.165, 1.54) is 0 Å². The first-order chi connectivity index (χ1) is 13.9. The summed E-state index contributed by atoms with van der Waals surface area (Å²) >= 11 is 12.5. The average Bonchev–Trinajstić information content (AvgIpc) is 2.67. The van der Waals surface area contributed by atoms with Crippen molar-refractivity contribution in [2.45, 2.75) is 12.8 Å². The average molecular weight is 431 g/mol. The Kier molecular flexibility index (Phi) is 4.98. The first-order valence-electron chi connectivity index (χ1n) is 8.86. The molecule has 3 N–H and O–H groups in total. The van der Waals surface area contributed by atoms with Crippen molar-refractivity contribution in [3.05, 3.63) is 85.4 Å². The van der Waals surface area contributed by atoms with Crippen LogP contribution >= 0.6 is 23.2 Å². The number of esters is 1. The number of nitrogens with one attached hydrogen (secondary N) is 1. The Morgan fingerprint density at radius 1 is 1.24 bits per heavy atom. The van der Waals surface area contributed by atoms with Gasteiger partial charge in [-0.2, -0.15) is 0 Å². The maximum absolute atomic E-state index is 13.1. The molecule has 2 aromatic carbocycles. The fourth-order valence-corrected chi connectivity index (χ4v) is 4.04. The van der Waals surface area contributed by atoms with Crippen LogP contribution in [0.25, 0.3) is 10.9 Å². The van der Waals surface area contributed by atoms with Gasteiger partial charge < -0.3 is 20.2 Å². The van der Waals surface area contributed by atoms with Crippen LogP contribution in [0.1, 0.15) is 24.0 Å². The number of carbonyl (C=O) groups excluding carboxylic acids is 1. The number of hydrogen-bond donors (Lipinski definition) is 2. The van der Waals surface area contributed by atoms with E-state index < -0.39 is 17.4 Å². The Morgan fingerprint density at radius 3 is 2.72 bits per heavy atom. The molecule has 0 radical (unpaired) electrons. The fourth-order valence-electron chi connectivity index (χ4n) is 3.53. The largest absolute Gasteiger partial charge is 0.462 e. The lowest BCUT2D eigenvalue weighted by atomic mass is 9.83. The highest BCUT2D eigenvalue weighted by Gasteiger charge is 2.39. The molecule has 6 nitrogen and oxygen atoms in total. The molecule has 0 amide bonds. The van der Waals surface area contributed by atoms with Crippen LogP contribution < -0.4 is 16.0 Å². The van der Waals surface area contributed by atoms with Gasteiger partial charge >= 0.3 is 5.97 Å². The van der Waals surface area contributed by atoms with Crippen LogP contribution in [-0.2, 0) is 9.53 Å². The van der Waals surface area contributed by atoms with Crippen molar-refractivity contribution in [3.63, 3.8) is 0 Å². The third-order valence-electron chi connectivity index (χ3n) is 4.73. The molecule has 0 fully saturated rings. The van der Waals surface area contributed by atoms with Crippen molar-refractivity contribution in [2.75, 3.05) is 6.61 Å². The van der Waals surface area contributed by atoms with Gasteiger partial charge in [0.05, 0.1) is 23.6 Å². The van der Waals surface area contributed by atoms with Gasteiger partial charge in [-0.3, -0.25) is 4.79 Å². The predicted octanol–water partition coefficient (Wildman–Crippen LogP) is 4.09. The zero-order valence-electron chi connectivity index (χ0n) is 15.3. The Bertz CT molecular complexity index is 1230. The van der Waals surface area contributed by atoms with E-state index in [2.05, 4.69) is 4.98 Å². The molecule has 148 valence electrons. The molecule has 8 heteroatoms. The molecule has 1 aromatic heterocycles. The molecule has 3 aromatic rings. The molecule has 0 saturated heterocycles. The lowest BCUT2D eigenvalue weighted by Crippen LogP contribution is -2.32. The van der Waals surface area contributed by atoms with Gasteiger partial charge in [-0.1, -0.05) is 41.4 Å². The van der Waals surface area contributed by atoms with E-state index in [1.54, 1.807) is 43.3 Å². The summed E-state index contributed by atoms with van der Waals surface area (Å²) in [6.45, 7) is 1.81. The molecule has 0 spiro atoms. The van der Waals surface area contributed by atoms with Gasteiger partial charge in [-0.15, -0.1) is 0 Å². The van der Waals surface area contributed by atoms with Crippen molar-refractivity contribution in [1.82, 2.24) is 4.98 Å². The highest BCUT2D eigenvalue weighted by molar-refractivity contribution is 6.35. The molecular weight excluding hydrogens is 415 g/mol. The van der Waals surface area contributed by atoms with Crippen molar-refractivity contribution < 1.29 is 14.3 Å². The summed E-state index contributed by atoms with van der Waals surface area (Å²) in [6, 6.07) is 12.0. The van der Waals surface area contributed by atoms with Crippen LogP contribution in [0.15, 0.2) is 58.7 Å². The summed E-state index contributed by atoms with van der Waals surface area (Å²) in [5, 5.41) is 1.37. The summed E-state index contributed by atoms with van der Waals surface area (Å²) in [5.41, 5.74) is 7.06. The Labute approximate surface area is 175 Å². The molecule has 4 rings (SSSR count). The molecule has 0 saturated carbocycles. The molecular formula is C21H16Cl2N2O4. The minimum Gasteiger partial charge on any atom is -0.462 e. The Hall–Kier alpha value is -2.96. The number of aromatic nitrogens is 1. The van der Waals surface area contributed by atoms with E-state index in [0.29, 0.717) is 21.5 Å². The van der Waals surface area contributed by atoms with Crippen LogP contribution in [-0.4, -0.2) is 17.6 Å². The standard InChI is InChI=1S/C21H16Cl2N2O4/c1-2-28-21(27)17-15(11-8-7-10(22)9-13(11)23)16-18(29-19(17)24)12-5-3-4-6-14(12)25-20(16)26/h3-9,15H,2,24H2,1H3,(H,25,26)/t15-/m0/s1. The van der Waals surface area contributed by atoms with E-state index in [1.807, 2.05) is 6.07 Å². The minimum atomic E-state index is -0.879. The van der Waals surface area contributed by atoms with Crippen molar-refractivity contribution >= 4 is 40.1 Å². The van der Waals surface area contributed by atoms with Crippen LogP contribution in [0.2, 0.25) is 10.0 Å². The second-order valence-electron chi connectivity index (χ2n) is 6.44. The van der Waals surface area contributed by atoms with E-state index in [4.69, 9.17) is 38.4 Å². The maximum Gasteiger partial charge on any atom is 0.340 e. The molecule has 1 aliphatic rings. The zero-order valence-corrected chi connectivity index (χ0v) is 16.8. The summed E-state index contributed by atoms with van der Waals surface area (Å²) in [7, 11) is 0. The molecule has 29 heavy (non-hydrogen) atoms. The Morgan fingerprint density at radius 2 is 2.00 bits per heavy atom. The van der Waals surface area contributed by atoms with Crippen molar-refractivity contribution in [2.24, 2.45) is 5.73 Å². The minimum absolute atomic E-state index is 0.0179. The molecule has 0 unspecified atom stereocenters. The van der Waals surface area contributed by atoms with Gasteiger partial charge in [0.15, 0.2) is 0 Å². The summed E-state index contributed by atoms with van der Waals surface area (Å²) in [6.07, 6.45) is 0. The van der Waals surface area contributed by atoms with E-state index in [-0.39, 0.29) is 34.4 Å². The van der Waals surface area contributed by atoms with Gasteiger partial charge in [-0.25, -0.2) is 4.79 Å². The summed E-state index contributed by atoms with van der Waals surface area (Å²) < 4.78 is 11.0. The van der Waals surface area contributed by atoms with Gasteiger partial charge in [0, 0.05) is 15.4 Å². The summed E-state index contributed by atoms with van der Waals surface area (Å²) in [5.74, 6) is -1.41. The third-order valence-corrected chi connectivity index (χ3v) is 5.30. The number of benzene rings is 2. The predicted molar refractivity (Wildman–Crippen MR) is 111 cm³/mol. The number of fused-ring (bicyclic) bond motifs is 3. The van der Waals surface area contributed by atoms with E-state index >= 15 is 0 Å². The van der Waals surface area contributed by atoms with Crippen LogP contribution in [0.5, 0.6) is 5.75 Å². The first-order valence-corrected chi connectivity index (χ1v) is 9.62. The maximum atomic E-state index is 13.1. The topological polar surface area (TPSA) is 94.4 Å². The molecule has 0 bridgehead atoms. The first kappa shape index (κ1) is 19.4. The summed E-state index contributed by atoms with van der Waals surface area (Å²) in [4.78, 5) is 28.6. The van der Waals surface area contributed by atoms with Crippen LogP contribution in [0, 0.1) is 0 Å². The van der Waals surface area contributed by atoms with E-state index in [9.17, 15) is 9.59 Å². The zero-order chi connectivity index (χ0) is 20.7. The number of rotatable bonds is 3. The smallest absolute Gasteiger partial charge is 0.340 e. The molecule has 1 aliphatic heterocycles. The quantitative estimate of drug-likeness (QED) is 0.610. The molecule has 0 aliphatic carbocycles. The normalized spacial score (nSPS) is 15.8. The number of aromatic amines is 1. The highest BCUT2D eigenvalue weighted by atomic mass is 35.5. The van der Waals surface area contributed by atoms with Gasteiger partial charge in [0.1, 0.15) is 11.3 Å². The number of halogens is 2.